The van der Waals surface area contributed by atoms with E-state index in [0.29, 0.717) is 30.1 Å². The van der Waals surface area contributed by atoms with Crippen LogP contribution in [0.15, 0.2) is 54.7 Å². The van der Waals surface area contributed by atoms with E-state index in [-0.39, 0.29) is 11.9 Å². The van der Waals surface area contributed by atoms with Gasteiger partial charge in [-0.3, -0.25) is 4.90 Å². The van der Waals surface area contributed by atoms with Gasteiger partial charge < -0.3 is 9.84 Å². The molecule has 0 spiro atoms. The van der Waals surface area contributed by atoms with Crippen LogP contribution in [0.4, 0.5) is 4.39 Å². The van der Waals surface area contributed by atoms with Gasteiger partial charge in [0.1, 0.15) is 17.3 Å². The van der Waals surface area contributed by atoms with Crippen LogP contribution in [0.1, 0.15) is 18.4 Å². The second-order valence-electron chi connectivity index (χ2n) is 7.16. The number of methoxy groups -OCH3 is 1. The first-order valence-electron chi connectivity index (χ1n) is 9.52. The topological polar surface area (TPSA) is 50.5 Å². The first kappa shape index (κ1) is 18.7. The third kappa shape index (κ3) is 3.93. The predicted molar refractivity (Wildman–Crippen MR) is 106 cm³/mol. The fraction of sp³-hybridized carbons (Fsp3) is 0.318. The minimum atomic E-state index is -0.363. The molecule has 1 aliphatic heterocycles. The number of hydrogen-bond donors (Lipinski definition) is 1. The maximum absolute atomic E-state index is 14.8. The lowest BCUT2D eigenvalue weighted by Crippen LogP contribution is -2.37. The van der Waals surface area contributed by atoms with Gasteiger partial charge in [0.2, 0.25) is 0 Å². The molecular formula is C22H24FN3O2. The molecule has 3 aromatic rings. The quantitative estimate of drug-likeness (QED) is 0.733. The summed E-state index contributed by atoms with van der Waals surface area (Å²) < 4.78 is 21.7. The molecule has 2 heterocycles. The number of piperidine rings is 1. The first-order valence-corrected chi connectivity index (χ1v) is 9.52. The summed E-state index contributed by atoms with van der Waals surface area (Å²) >= 11 is 0. The summed E-state index contributed by atoms with van der Waals surface area (Å²) in [7, 11) is 1.52. The van der Waals surface area contributed by atoms with Gasteiger partial charge in [0, 0.05) is 36.5 Å². The van der Waals surface area contributed by atoms with E-state index in [1.54, 1.807) is 16.8 Å². The second kappa shape index (κ2) is 8.12. The number of halogens is 1. The van der Waals surface area contributed by atoms with Crippen LogP contribution in [-0.2, 0) is 6.54 Å². The zero-order chi connectivity index (χ0) is 19.5. The van der Waals surface area contributed by atoms with Crippen molar-refractivity contribution in [1.29, 1.82) is 0 Å². The molecule has 1 fully saturated rings. The molecule has 1 aliphatic rings. The van der Waals surface area contributed by atoms with E-state index in [1.165, 1.54) is 13.2 Å². The molecule has 1 N–H and O–H groups in total. The number of hydrogen-bond acceptors (Lipinski definition) is 4. The molecule has 4 rings (SSSR count). The third-order valence-electron chi connectivity index (χ3n) is 5.12. The number of aliphatic hydroxyl groups excluding tert-OH is 1. The van der Waals surface area contributed by atoms with Crippen molar-refractivity contribution in [2.45, 2.75) is 25.5 Å². The van der Waals surface area contributed by atoms with E-state index < -0.39 is 0 Å². The number of likely N-dealkylation sites (tertiary alicyclic amines) is 1. The van der Waals surface area contributed by atoms with Crippen LogP contribution in [0.2, 0.25) is 0 Å². The van der Waals surface area contributed by atoms with Gasteiger partial charge in [-0.05, 0) is 43.7 Å². The highest BCUT2D eigenvalue weighted by atomic mass is 19.1. The number of rotatable bonds is 5. The molecule has 6 heteroatoms. The molecule has 2 aromatic carbocycles. The number of ether oxygens (including phenoxy) is 1. The smallest absolute Gasteiger partial charge is 0.136 e. The SMILES string of the molecule is COc1ccc(-c2nn(-c3ccccc3)cc2CN2CCC[C@@H](O)C2)c(F)c1. The monoisotopic (exact) mass is 381 g/mol. The molecule has 0 bridgehead atoms. The van der Waals surface area contributed by atoms with E-state index >= 15 is 0 Å². The summed E-state index contributed by atoms with van der Waals surface area (Å²) in [5.41, 5.74) is 2.91. The number of para-hydroxylation sites is 1. The Morgan fingerprint density at radius 3 is 2.75 bits per heavy atom. The van der Waals surface area contributed by atoms with E-state index in [9.17, 15) is 9.50 Å². The maximum Gasteiger partial charge on any atom is 0.136 e. The molecular weight excluding hydrogens is 357 g/mol. The van der Waals surface area contributed by atoms with Gasteiger partial charge in [-0.25, -0.2) is 9.07 Å². The standard InChI is InChI=1S/C22H24FN3O2/c1-28-19-9-10-20(21(23)12-19)22-16(13-25-11-5-8-18(27)15-25)14-26(24-22)17-6-3-2-4-7-17/h2-4,6-7,9-10,12,14,18,27H,5,8,11,13,15H2,1H3/t18-/m1/s1. The Hall–Kier alpha value is -2.70. The molecule has 0 amide bonds. The van der Waals surface area contributed by atoms with E-state index in [1.807, 2.05) is 36.5 Å². The molecule has 146 valence electrons. The van der Waals surface area contributed by atoms with Crippen molar-refractivity contribution in [1.82, 2.24) is 14.7 Å². The Morgan fingerprint density at radius 1 is 1.21 bits per heavy atom. The van der Waals surface area contributed by atoms with Crippen molar-refractivity contribution < 1.29 is 14.2 Å². The number of aromatic nitrogens is 2. The molecule has 0 saturated carbocycles. The summed E-state index contributed by atoms with van der Waals surface area (Å²) in [6, 6.07) is 14.6. The van der Waals surface area contributed by atoms with Crippen LogP contribution in [0.25, 0.3) is 16.9 Å². The van der Waals surface area contributed by atoms with Gasteiger partial charge >= 0.3 is 0 Å². The highest BCUT2D eigenvalue weighted by Gasteiger charge is 2.22. The Morgan fingerprint density at radius 2 is 2.04 bits per heavy atom. The van der Waals surface area contributed by atoms with Gasteiger partial charge in [-0.15, -0.1) is 0 Å². The van der Waals surface area contributed by atoms with Crippen LogP contribution in [0.5, 0.6) is 5.75 Å². The normalized spacial score (nSPS) is 17.6. The Labute approximate surface area is 164 Å². The summed E-state index contributed by atoms with van der Waals surface area (Å²) in [6.45, 7) is 2.16. The van der Waals surface area contributed by atoms with Crippen LogP contribution < -0.4 is 4.74 Å². The van der Waals surface area contributed by atoms with E-state index in [4.69, 9.17) is 9.84 Å². The number of β-amino-alcohol motifs (C(OH)–C–C–N with tert-alkyl or cyclic N) is 1. The largest absolute Gasteiger partial charge is 0.497 e. The zero-order valence-corrected chi connectivity index (χ0v) is 15.9. The van der Waals surface area contributed by atoms with Gasteiger partial charge in [0.15, 0.2) is 0 Å². The minimum absolute atomic E-state index is 0.306. The van der Waals surface area contributed by atoms with Crippen LogP contribution in [-0.4, -0.2) is 46.1 Å². The highest BCUT2D eigenvalue weighted by Crippen LogP contribution is 2.30. The first-order chi connectivity index (χ1) is 13.6. The van der Waals surface area contributed by atoms with Crippen molar-refractivity contribution >= 4 is 0 Å². The average Bonchev–Trinajstić information content (AvgIpc) is 3.12. The molecule has 1 atom stereocenters. The lowest BCUT2D eigenvalue weighted by molar-refractivity contribution is 0.0669. The van der Waals surface area contributed by atoms with Crippen LogP contribution in [0.3, 0.4) is 0 Å². The fourth-order valence-electron chi connectivity index (χ4n) is 3.70. The lowest BCUT2D eigenvalue weighted by Gasteiger charge is -2.29. The highest BCUT2D eigenvalue weighted by molar-refractivity contribution is 5.65. The minimum Gasteiger partial charge on any atom is -0.497 e. The van der Waals surface area contributed by atoms with Crippen LogP contribution >= 0.6 is 0 Å². The third-order valence-corrected chi connectivity index (χ3v) is 5.12. The predicted octanol–water partition coefficient (Wildman–Crippen LogP) is 3.64. The van der Waals surface area contributed by atoms with Crippen molar-refractivity contribution in [3.05, 3.63) is 66.1 Å². The van der Waals surface area contributed by atoms with E-state index in [0.717, 1.165) is 30.6 Å². The molecule has 1 saturated heterocycles. The molecule has 0 radical (unpaired) electrons. The lowest BCUT2D eigenvalue weighted by atomic mass is 10.0. The van der Waals surface area contributed by atoms with Gasteiger partial charge in [0.25, 0.3) is 0 Å². The molecule has 5 nitrogen and oxygen atoms in total. The van der Waals surface area contributed by atoms with Crippen molar-refractivity contribution in [3.8, 4) is 22.7 Å². The number of aliphatic hydroxyl groups is 1. The molecule has 0 unspecified atom stereocenters. The summed E-state index contributed by atoms with van der Waals surface area (Å²) in [5, 5.41) is 14.7. The van der Waals surface area contributed by atoms with Crippen molar-refractivity contribution in [2.24, 2.45) is 0 Å². The van der Waals surface area contributed by atoms with Gasteiger partial charge in [0.05, 0.1) is 18.9 Å². The summed E-state index contributed by atoms with van der Waals surface area (Å²) in [5.74, 6) is 0.113. The summed E-state index contributed by atoms with van der Waals surface area (Å²) in [6.07, 6.45) is 3.44. The maximum atomic E-state index is 14.8. The molecule has 0 aliphatic carbocycles. The summed E-state index contributed by atoms with van der Waals surface area (Å²) in [4.78, 5) is 2.20. The Kier molecular flexibility index (Phi) is 5.41. The van der Waals surface area contributed by atoms with Crippen molar-refractivity contribution in [3.63, 3.8) is 0 Å². The van der Waals surface area contributed by atoms with Gasteiger partial charge in [-0.1, -0.05) is 18.2 Å². The van der Waals surface area contributed by atoms with Crippen LogP contribution in [0, 0.1) is 5.82 Å². The van der Waals surface area contributed by atoms with E-state index in [2.05, 4.69) is 4.90 Å². The van der Waals surface area contributed by atoms with Gasteiger partial charge in [-0.2, -0.15) is 5.10 Å². The second-order valence-corrected chi connectivity index (χ2v) is 7.16. The Balaban J connectivity index is 1.73. The Bertz CT molecular complexity index is 942. The number of benzene rings is 2. The zero-order valence-electron chi connectivity index (χ0n) is 15.9. The number of nitrogens with zero attached hydrogens (tertiary/aromatic N) is 3. The molecule has 28 heavy (non-hydrogen) atoms. The fourth-order valence-corrected chi connectivity index (χ4v) is 3.70. The molecule has 1 aromatic heterocycles. The average molecular weight is 381 g/mol. The van der Waals surface area contributed by atoms with Crippen molar-refractivity contribution in [2.75, 3.05) is 20.2 Å².